The number of rotatable bonds is 7. The van der Waals surface area contributed by atoms with Gasteiger partial charge in [-0.3, -0.25) is 9.59 Å². The molecule has 2 amide bonds. The quantitative estimate of drug-likeness (QED) is 0.342. The van der Waals surface area contributed by atoms with Crippen molar-refractivity contribution < 1.29 is 19.1 Å². The third-order valence-corrected chi connectivity index (χ3v) is 6.64. The summed E-state index contributed by atoms with van der Waals surface area (Å²) in [5, 5.41) is 11.0. The van der Waals surface area contributed by atoms with Gasteiger partial charge in [0.1, 0.15) is 34.1 Å². The van der Waals surface area contributed by atoms with E-state index in [-0.39, 0.29) is 5.91 Å². The molecule has 3 aromatic carbocycles. The number of nitrogens with two attached hydrogens (primary N) is 1. The van der Waals surface area contributed by atoms with Gasteiger partial charge in [0.15, 0.2) is 0 Å². The number of methoxy groups -OCH3 is 2. The second kappa shape index (κ2) is 10.3. The van der Waals surface area contributed by atoms with Gasteiger partial charge in [-0.15, -0.1) is 0 Å². The fourth-order valence-electron chi connectivity index (χ4n) is 4.72. The van der Waals surface area contributed by atoms with Crippen molar-refractivity contribution in [2.24, 2.45) is 5.73 Å². The van der Waals surface area contributed by atoms with Crippen LogP contribution in [0.2, 0.25) is 0 Å². The van der Waals surface area contributed by atoms with Crippen LogP contribution in [0.3, 0.4) is 0 Å². The maximum atomic E-state index is 12.9. The highest BCUT2D eigenvalue weighted by molar-refractivity contribution is 6.04. The number of nitrogens with one attached hydrogen (secondary N) is 2. The van der Waals surface area contributed by atoms with Gasteiger partial charge in [0.2, 0.25) is 0 Å². The second-order valence-corrected chi connectivity index (χ2v) is 9.11. The molecule has 0 radical (unpaired) electrons. The van der Waals surface area contributed by atoms with E-state index < -0.39 is 5.91 Å². The summed E-state index contributed by atoms with van der Waals surface area (Å²) in [6.07, 6.45) is 0.784. The van der Waals surface area contributed by atoms with Gasteiger partial charge >= 0.3 is 0 Å². The molecule has 0 fully saturated rings. The molecule has 0 spiro atoms. The summed E-state index contributed by atoms with van der Waals surface area (Å²) in [4.78, 5) is 25.4. The fraction of sp³-hybridized carbons (Fsp3) is 0.207. The Labute approximate surface area is 220 Å². The molecule has 1 aliphatic heterocycles. The zero-order valence-electron chi connectivity index (χ0n) is 21.5. The smallest absolute Gasteiger partial charge is 0.259 e. The molecule has 0 atom stereocenters. The lowest BCUT2D eigenvalue weighted by atomic mass is 10.0. The summed E-state index contributed by atoms with van der Waals surface area (Å²) < 4.78 is 12.5. The molecular formula is C29H29N5O4. The average Bonchev–Trinajstić information content (AvgIpc) is 3.20. The largest absolute Gasteiger partial charge is 0.496 e. The molecule has 1 aromatic heterocycles. The first-order valence-electron chi connectivity index (χ1n) is 12.2. The van der Waals surface area contributed by atoms with Crippen LogP contribution in [0.4, 0.5) is 11.5 Å². The zero-order valence-corrected chi connectivity index (χ0v) is 21.5. The molecule has 1 aliphatic rings. The van der Waals surface area contributed by atoms with Crippen LogP contribution in [0.25, 0.3) is 11.3 Å². The number of carbonyl (C=O) groups excluding carboxylic acids is 2. The molecule has 0 saturated carbocycles. The van der Waals surface area contributed by atoms with Crippen LogP contribution < -0.4 is 25.8 Å². The van der Waals surface area contributed by atoms with Crippen LogP contribution in [-0.2, 0) is 19.5 Å². The van der Waals surface area contributed by atoms with Gasteiger partial charge in [0.05, 0.1) is 14.2 Å². The molecule has 0 aliphatic carbocycles. The molecule has 5 rings (SSSR count). The maximum absolute atomic E-state index is 12.9. The molecule has 0 saturated heterocycles. The summed E-state index contributed by atoms with van der Waals surface area (Å²) in [6.45, 7) is 2.97. The topological polar surface area (TPSA) is 120 Å². The number of nitrogens with zero attached hydrogens (tertiary/aromatic N) is 2. The second-order valence-electron chi connectivity index (χ2n) is 9.11. The van der Waals surface area contributed by atoms with Gasteiger partial charge in [-0.25, -0.2) is 4.68 Å². The number of carbonyl (C=O) groups is 2. The van der Waals surface area contributed by atoms with Gasteiger partial charge < -0.3 is 25.8 Å². The lowest BCUT2D eigenvalue weighted by Gasteiger charge is -2.13. The van der Waals surface area contributed by atoms with Crippen LogP contribution in [0.5, 0.6) is 11.5 Å². The highest BCUT2D eigenvalue weighted by Crippen LogP contribution is 2.35. The van der Waals surface area contributed by atoms with Crippen molar-refractivity contribution in [1.82, 2.24) is 15.1 Å². The standard InChI is InChI=1S/C29H29N5O4/c1-17-7-12-21-20(15-17)13-14-34-28(32-21)25(27(30)35)26(33-34)19-10-8-18(9-11-19)16-31-29(36)24-22(37-2)5-4-6-23(24)38-3/h4-12,15,32H,13-14,16H2,1-3H3,(H2,30,35)(H,31,36). The normalized spacial score (nSPS) is 12.0. The Balaban J connectivity index is 1.37. The minimum atomic E-state index is -0.550. The summed E-state index contributed by atoms with van der Waals surface area (Å²) in [7, 11) is 3.02. The third kappa shape index (κ3) is 4.66. The minimum Gasteiger partial charge on any atom is -0.496 e. The van der Waals surface area contributed by atoms with Crippen LogP contribution in [0, 0.1) is 6.92 Å². The molecule has 9 nitrogen and oxygen atoms in total. The number of anilines is 2. The predicted octanol–water partition coefficient (Wildman–Crippen LogP) is 4.20. The highest BCUT2D eigenvalue weighted by Gasteiger charge is 2.26. The van der Waals surface area contributed by atoms with Gasteiger partial charge in [-0.05, 0) is 42.7 Å². The van der Waals surface area contributed by atoms with E-state index in [1.54, 1.807) is 22.9 Å². The van der Waals surface area contributed by atoms with Gasteiger partial charge in [0, 0.05) is 24.3 Å². The van der Waals surface area contributed by atoms with Crippen molar-refractivity contribution in [3.63, 3.8) is 0 Å². The number of fused-ring (bicyclic) bond motifs is 2. The first-order chi connectivity index (χ1) is 18.4. The minimum absolute atomic E-state index is 0.292. The van der Waals surface area contributed by atoms with Crippen molar-refractivity contribution >= 4 is 23.3 Å². The van der Waals surface area contributed by atoms with E-state index in [0.717, 1.165) is 23.2 Å². The van der Waals surface area contributed by atoms with E-state index in [1.807, 2.05) is 36.4 Å². The lowest BCUT2D eigenvalue weighted by molar-refractivity contribution is 0.0943. The number of aryl methyl sites for hydroxylation is 3. The van der Waals surface area contributed by atoms with Crippen molar-refractivity contribution in [1.29, 1.82) is 0 Å². The van der Waals surface area contributed by atoms with Crippen LogP contribution >= 0.6 is 0 Å². The van der Waals surface area contributed by atoms with Crippen LogP contribution in [0.15, 0.2) is 60.7 Å². The Morgan fingerprint density at radius 1 is 1.03 bits per heavy atom. The molecule has 194 valence electrons. The van der Waals surface area contributed by atoms with Crippen LogP contribution in [0.1, 0.15) is 37.4 Å². The summed E-state index contributed by atoms with van der Waals surface area (Å²) in [6, 6.07) is 18.9. The predicted molar refractivity (Wildman–Crippen MR) is 145 cm³/mol. The van der Waals surface area contributed by atoms with E-state index in [4.69, 9.17) is 20.3 Å². The van der Waals surface area contributed by atoms with Gasteiger partial charge in [-0.2, -0.15) is 5.10 Å². The number of benzene rings is 3. The monoisotopic (exact) mass is 511 g/mol. The summed E-state index contributed by atoms with van der Waals surface area (Å²) >= 11 is 0. The summed E-state index contributed by atoms with van der Waals surface area (Å²) in [5.41, 5.74) is 12.0. The molecule has 9 heteroatoms. The number of amides is 2. The maximum Gasteiger partial charge on any atom is 0.259 e. The number of ether oxygens (including phenoxy) is 2. The highest BCUT2D eigenvalue weighted by atomic mass is 16.5. The molecule has 38 heavy (non-hydrogen) atoms. The number of hydrogen-bond donors (Lipinski definition) is 3. The molecule has 0 unspecified atom stereocenters. The first-order valence-corrected chi connectivity index (χ1v) is 12.2. The third-order valence-electron chi connectivity index (χ3n) is 6.64. The molecule has 2 heterocycles. The lowest BCUT2D eigenvalue weighted by Crippen LogP contribution is -2.24. The fourth-order valence-corrected chi connectivity index (χ4v) is 4.72. The molecule has 0 bridgehead atoms. The Kier molecular flexibility index (Phi) is 6.74. The zero-order chi connectivity index (χ0) is 26.8. The first kappa shape index (κ1) is 24.9. The van der Waals surface area contributed by atoms with Crippen molar-refractivity contribution in [3.05, 3.63) is 88.5 Å². The number of aromatic nitrogens is 2. The molecule has 4 aromatic rings. The molecular weight excluding hydrogens is 482 g/mol. The van der Waals surface area contributed by atoms with E-state index in [2.05, 4.69) is 23.6 Å². The van der Waals surface area contributed by atoms with Gasteiger partial charge in [0.25, 0.3) is 11.8 Å². The van der Waals surface area contributed by atoms with Crippen molar-refractivity contribution in [3.8, 4) is 22.8 Å². The molecule has 4 N–H and O–H groups in total. The Bertz CT molecular complexity index is 1500. The van der Waals surface area contributed by atoms with Crippen LogP contribution in [-0.4, -0.2) is 35.8 Å². The van der Waals surface area contributed by atoms with E-state index in [9.17, 15) is 9.59 Å². The summed E-state index contributed by atoms with van der Waals surface area (Å²) in [5.74, 6) is 0.603. The SMILES string of the molecule is COc1cccc(OC)c1C(=O)NCc1ccc(-c2nn3c(c2C(N)=O)Nc2ccc(C)cc2CC3)cc1. The average molecular weight is 512 g/mol. The number of hydrogen-bond acceptors (Lipinski definition) is 6. The van der Waals surface area contributed by atoms with Crippen molar-refractivity contribution in [2.75, 3.05) is 19.5 Å². The Hall–Kier alpha value is -4.79. The number of primary amides is 1. The van der Waals surface area contributed by atoms with E-state index in [1.165, 1.54) is 25.3 Å². The van der Waals surface area contributed by atoms with E-state index >= 15 is 0 Å². The van der Waals surface area contributed by atoms with E-state index in [0.29, 0.717) is 47.2 Å². The Morgan fingerprint density at radius 3 is 2.39 bits per heavy atom. The van der Waals surface area contributed by atoms with Gasteiger partial charge in [-0.1, -0.05) is 48.0 Å². The Morgan fingerprint density at radius 2 is 1.74 bits per heavy atom. The van der Waals surface area contributed by atoms with Crippen molar-refractivity contribution in [2.45, 2.75) is 26.4 Å².